The third-order valence-corrected chi connectivity index (χ3v) is 9.46. The largest absolute Gasteiger partial charge is 0.392 e. The summed E-state index contributed by atoms with van der Waals surface area (Å²) in [5.74, 6) is 3.54. The number of fused-ring (bicyclic) bond motifs is 5. The number of nitrogens with zero attached hydrogens (tertiary/aromatic N) is 1. The van der Waals surface area contributed by atoms with E-state index in [0.717, 1.165) is 31.1 Å². The normalized spacial score (nSPS) is 52.8. The van der Waals surface area contributed by atoms with Crippen molar-refractivity contribution in [3.05, 3.63) is 0 Å². The zero-order valence-corrected chi connectivity index (χ0v) is 16.8. The maximum atomic E-state index is 12.2. The third-order valence-electron chi connectivity index (χ3n) is 9.46. The Morgan fingerprint density at radius 2 is 1.80 bits per heavy atom. The van der Waals surface area contributed by atoms with Crippen molar-refractivity contribution in [1.29, 1.82) is 0 Å². The lowest BCUT2D eigenvalue weighted by Crippen LogP contribution is -2.61. The number of aliphatic hydroxyl groups is 1. The van der Waals surface area contributed by atoms with Crippen molar-refractivity contribution in [2.75, 3.05) is 7.05 Å². The summed E-state index contributed by atoms with van der Waals surface area (Å²) in [5, 5.41) is 11.1. The molecule has 1 aliphatic heterocycles. The van der Waals surface area contributed by atoms with Crippen molar-refractivity contribution in [3.8, 4) is 0 Å². The standard InChI is InChI=1S/C22H37NO2/c1-13(2)15-12-17-14-6-7-18-21(3,11-9-19(24)23(18)5)16(14)8-10-22(17,4)20(15)25/h13-18,20,25H,6-12H2,1-5H3/t14-,15-,16+,17+,18-,20+,21-,22+/m1/s1. The van der Waals surface area contributed by atoms with Crippen LogP contribution >= 0.6 is 0 Å². The first kappa shape index (κ1) is 17.8. The second-order valence-electron chi connectivity index (χ2n) is 10.6. The van der Waals surface area contributed by atoms with Gasteiger partial charge < -0.3 is 10.0 Å². The molecule has 8 atom stereocenters. The minimum atomic E-state index is -0.125. The van der Waals surface area contributed by atoms with Crippen molar-refractivity contribution in [1.82, 2.24) is 4.90 Å². The Kier molecular flexibility index (Phi) is 4.07. The Morgan fingerprint density at radius 1 is 1.08 bits per heavy atom. The van der Waals surface area contributed by atoms with Crippen molar-refractivity contribution in [3.63, 3.8) is 0 Å². The second-order valence-corrected chi connectivity index (χ2v) is 10.6. The van der Waals surface area contributed by atoms with Gasteiger partial charge in [0.15, 0.2) is 0 Å². The van der Waals surface area contributed by atoms with Crippen LogP contribution in [-0.2, 0) is 4.79 Å². The van der Waals surface area contributed by atoms with Gasteiger partial charge in [-0.15, -0.1) is 0 Å². The number of carbonyl (C=O) groups excluding carboxylic acids is 1. The topological polar surface area (TPSA) is 40.5 Å². The summed E-state index contributed by atoms with van der Waals surface area (Å²) in [6.07, 6.45) is 7.71. The molecule has 0 unspecified atom stereocenters. The van der Waals surface area contributed by atoms with Crippen LogP contribution in [0.3, 0.4) is 0 Å². The number of rotatable bonds is 1. The minimum absolute atomic E-state index is 0.121. The maximum Gasteiger partial charge on any atom is 0.222 e. The fraction of sp³-hybridized carbons (Fsp3) is 0.955. The molecule has 4 fully saturated rings. The van der Waals surface area contributed by atoms with Gasteiger partial charge in [-0.3, -0.25) is 4.79 Å². The highest BCUT2D eigenvalue weighted by atomic mass is 16.3. The molecule has 0 spiro atoms. The molecule has 142 valence electrons. The van der Waals surface area contributed by atoms with E-state index < -0.39 is 0 Å². The van der Waals surface area contributed by atoms with Gasteiger partial charge in [0.25, 0.3) is 0 Å². The molecule has 4 aliphatic rings. The number of piperidine rings is 1. The molecule has 0 aromatic rings. The van der Waals surface area contributed by atoms with E-state index in [1.54, 1.807) is 0 Å². The predicted octanol–water partition coefficient (Wildman–Crippen LogP) is 4.09. The molecule has 0 radical (unpaired) electrons. The van der Waals surface area contributed by atoms with Crippen LogP contribution in [0, 0.1) is 40.4 Å². The third kappa shape index (κ3) is 2.30. The van der Waals surface area contributed by atoms with Crippen LogP contribution < -0.4 is 0 Å². The molecule has 1 saturated heterocycles. The number of hydrogen-bond donors (Lipinski definition) is 1. The molecule has 3 saturated carbocycles. The Morgan fingerprint density at radius 3 is 2.48 bits per heavy atom. The summed E-state index contributed by atoms with van der Waals surface area (Å²) >= 11 is 0. The fourth-order valence-electron chi connectivity index (χ4n) is 7.86. The smallest absolute Gasteiger partial charge is 0.222 e. The summed E-state index contributed by atoms with van der Waals surface area (Å²) in [4.78, 5) is 14.3. The Bertz CT molecular complexity index is 560. The average molecular weight is 348 g/mol. The first-order valence-corrected chi connectivity index (χ1v) is 10.6. The number of aliphatic hydroxyl groups excluding tert-OH is 1. The highest BCUT2D eigenvalue weighted by Gasteiger charge is 2.63. The van der Waals surface area contributed by atoms with Crippen LogP contribution in [0.4, 0.5) is 0 Å². The molecule has 3 aliphatic carbocycles. The van der Waals surface area contributed by atoms with Crippen LogP contribution in [0.2, 0.25) is 0 Å². The van der Waals surface area contributed by atoms with Gasteiger partial charge in [0.1, 0.15) is 0 Å². The molecular weight excluding hydrogens is 310 g/mol. The lowest BCUT2D eigenvalue weighted by Gasteiger charge is -2.61. The summed E-state index contributed by atoms with van der Waals surface area (Å²) in [6, 6.07) is 0.437. The van der Waals surface area contributed by atoms with Crippen LogP contribution in [-0.4, -0.2) is 35.1 Å². The van der Waals surface area contributed by atoms with Crippen molar-refractivity contribution >= 4 is 5.91 Å². The van der Waals surface area contributed by atoms with E-state index in [4.69, 9.17) is 0 Å². The summed E-state index contributed by atoms with van der Waals surface area (Å²) in [7, 11) is 2.03. The lowest BCUT2D eigenvalue weighted by molar-refractivity contribution is -0.160. The van der Waals surface area contributed by atoms with E-state index in [1.807, 2.05) is 7.05 Å². The highest BCUT2D eigenvalue weighted by molar-refractivity contribution is 5.77. The van der Waals surface area contributed by atoms with E-state index in [2.05, 4.69) is 32.6 Å². The Hall–Kier alpha value is -0.570. The molecule has 1 amide bonds. The van der Waals surface area contributed by atoms with E-state index in [9.17, 15) is 9.90 Å². The molecule has 1 N–H and O–H groups in total. The van der Waals surface area contributed by atoms with Crippen molar-refractivity contribution in [2.24, 2.45) is 40.4 Å². The van der Waals surface area contributed by atoms with Crippen LogP contribution in [0.25, 0.3) is 0 Å². The van der Waals surface area contributed by atoms with Gasteiger partial charge in [-0.2, -0.15) is 0 Å². The SMILES string of the molecule is CC(C)[C@H]1C[C@H]2[C@@H]3CC[C@H]4N(C)C(=O)CC[C@]4(C)[C@H]3CC[C@]2(C)[C@H]1O. The van der Waals surface area contributed by atoms with Gasteiger partial charge in [0, 0.05) is 19.5 Å². The quantitative estimate of drug-likeness (QED) is 0.776. The summed E-state index contributed by atoms with van der Waals surface area (Å²) in [5.41, 5.74) is 0.406. The van der Waals surface area contributed by atoms with E-state index in [-0.39, 0.29) is 16.9 Å². The fourth-order valence-corrected chi connectivity index (χ4v) is 7.86. The zero-order chi connectivity index (χ0) is 18.1. The molecule has 3 heteroatoms. The van der Waals surface area contributed by atoms with E-state index in [1.165, 1.54) is 25.7 Å². The van der Waals surface area contributed by atoms with Gasteiger partial charge in [0.05, 0.1) is 6.10 Å². The summed E-state index contributed by atoms with van der Waals surface area (Å²) < 4.78 is 0. The molecule has 0 aromatic heterocycles. The highest BCUT2D eigenvalue weighted by Crippen LogP contribution is 2.66. The summed E-state index contributed by atoms with van der Waals surface area (Å²) in [6.45, 7) is 9.43. The number of likely N-dealkylation sites (tertiary alicyclic amines) is 1. The molecule has 1 heterocycles. The molecular formula is C22H37NO2. The first-order chi connectivity index (χ1) is 11.7. The first-order valence-electron chi connectivity index (χ1n) is 10.6. The molecule has 25 heavy (non-hydrogen) atoms. The maximum absolute atomic E-state index is 12.2. The van der Waals surface area contributed by atoms with Crippen LogP contribution in [0.5, 0.6) is 0 Å². The molecule has 3 nitrogen and oxygen atoms in total. The number of amides is 1. The minimum Gasteiger partial charge on any atom is -0.392 e. The molecule has 0 bridgehead atoms. The lowest BCUT2D eigenvalue weighted by atomic mass is 9.47. The van der Waals surface area contributed by atoms with E-state index in [0.29, 0.717) is 29.7 Å². The number of carbonyl (C=O) groups is 1. The van der Waals surface area contributed by atoms with Crippen LogP contribution in [0.15, 0.2) is 0 Å². The Labute approximate surface area is 153 Å². The molecule has 0 aromatic carbocycles. The van der Waals surface area contributed by atoms with Gasteiger partial charge in [-0.05, 0) is 78.9 Å². The monoisotopic (exact) mass is 347 g/mol. The number of hydrogen-bond acceptors (Lipinski definition) is 2. The van der Waals surface area contributed by atoms with Gasteiger partial charge in [0.2, 0.25) is 5.91 Å². The predicted molar refractivity (Wildman–Crippen MR) is 99.9 cm³/mol. The van der Waals surface area contributed by atoms with Crippen LogP contribution in [0.1, 0.15) is 72.6 Å². The Balaban J connectivity index is 1.64. The van der Waals surface area contributed by atoms with E-state index >= 15 is 0 Å². The van der Waals surface area contributed by atoms with Gasteiger partial charge in [-0.25, -0.2) is 0 Å². The van der Waals surface area contributed by atoms with Gasteiger partial charge in [-0.1, -0.05) is 27.7 Å². The van der Waals surface area contributed by atoms with Crippen molar-refractivity contribution in [2.45, 2.75) is 84.8 Å². The van der Waals surface area contributed by atoms with Gasteiger partial charge >= 0.3 is 0 Å². The zero-order valence-electron chi connectivity index (χ0n) is 16.8. The average Bonchev–Trinajstić information content (AvgIpc) is 2.83. The van der Waals surface area contributed by atoms with Crippen molar-refractivity contribution < 1.29 is 9.90 Å². The second kappa shape index (κ2) is 5.71. The molecule has 4 rings (SSSR count).